The van der Waals surface area contributed by atoms with Crippen molar-refractivity contribution in [2.45, 2.75) is 58.0 Å². The van der Waals surface area contributed by atoms with Crippen molar-refractivity contribution in [3.63, 3.8) is 0 Å². The SMILES string of the molecule is CCOC(C)=O.CN1CCCC1.O=C(O)C(O)(c1ccccc1)C1CCCC1. The van der Waals surface area contributed by atoms with Crippen LogP contribution in [-0.4, -0.2) is 53.8 Å². The van der Waals surface area contributed by atoms with Gasteiger partial charge in [0.15, 0.2) is 5.60 Å². The number of carbonyl (C=O) groups is 2. The summed E-state index contributed by atoms with van der Waals surface area (Å²) in [5.41, 5.74) is -1.22. The standard InChI is InChI=1S/C13H16O3.C5H11N.C4H8O2/c14-12(15)13(16,11-8-4-5-9-11)10-6-2-1-3-7-10;1-6-4-2-3-5-6;1-3-6-4(2)5/h1-3,6-7,11,16H,4-5,8-9H2,(H,14,15);2-5H2,1H3;3H2,1-2H3. The molecule has 1 saturated heterocycles. The third-order valence-corrected chi connectivity index (χ3v) is 5.16. The summed E-state index contributed by atoms with van der Waals surface area (Å²) in [6.07, 6.45) is 6.42. The zero-order valence-corrected chi connectivity index (χ0v) is 17.4. The Balaban J connectivity index is 0.000000268. The summed E-state index contributed by atoms with van der Waals surface area (Å²) in [6, 6.07) is 8.72. The molecule has 28 heavy (non-hydrogen) atoms. The number of hydrogen-bond donors (Lipinski definition) is 2. The van der Waals surface area contributed by atoms with Crippen LogP contribution in [0.2, 0.25) is 0 Å². The number of carboxylic acids is 1. The molecule has 1 aromatic carbocycles. The van der Waals surface area contributed by atoms with Crippen LogP contribution in [0.5, 0.6) is 0 Å². The minimum atomic E-state index is -1.71. The van der Waals surface area contributed by atoms with Crippen LogP contribution in [0.3, 0.4) is 0 Å². The van der Waals surface area contributed by atoms with Gasteiger partial charge in [-0.05, 0) is 58.3 Å². The number of aliphatic hydroxyl groups is 1. The van der Waals surface area contributed by atoms with E-state index in [-0.39, 0.29) is 11.9 Å². The maximum atomic E-state index is 11.4. The number of benzene rings is 1. The van der Waals surface area contributed by atoms with Gasteiger partial charge in [0, 0.05) is 12.8 Å². The Morgan fingerprint density at radius 3 is 1.96 bits per heavy atom. The number of esters is 1. The number of carboxylic acid groups (broad SMARTS) is 1. The van der Waals surface area contributed by atoms with Crippen LogP contribution in [0.4, 0.5) is 0 Å². The van der Waals surface area contributed by atoms with Crippen molar-refractivity contribution in [3.05, 3.63) is 35.9 Å². The predicted molar refractivity (Wildman–Crippen MR) is 109 cm³/mol. The Morgan fingerprint density at radius 2 is 1.64 bits per heavy atom. The number of carbonyl (C=O) groups excluding carboxylic acids is 1. The molecule has 1 atom stereocenters. The Morgan fingerprint density at radius 1 is 1.11 bits per heavy atom. The predicted octanol–water partition coefficient (Wildman–Crippen LogP) is 3.43. The fourth-order valence-corrected chi connectivity index (χ4v) is 3.65. The molecule has 1 unspecified atom stereocenters. The minimum absolute atomic E-state index is 0.160. The van der Waals surface area contributed by atoms with Crippen molar-refractivity contribution < 1.29 is 24.5 Å². The Hall–Kier alpha value is -1.92. The molecule has 0 radical (unpaired) electrons. The largest absolute Gasteiger partial charge is 0.479 e. The van der Waals surface area contributed by atoms with Gasteiger partial charge in [-0.25, -0.2) is 4.79 Å². The summed E-state index contributed by atoms with van der Waals surface area (Å²) in [6.45, 7) is 6.29. The zero-order chi connectivity index (χ0) is 21.0. The molecular weight excluding hydrogens is 358 g/mol. The highest BCUT2D eigenvalue weighted by atomic mass is 16.5. The normalized spacial score (nSPS) is 18.9. The number of hydrogen-bond acceptors (Lipinski definition) is 5. The smallest absolute Gasteiger partial charge is 0.340 e. The highest BCUT2D eigenvalue weighted by Gasteiger charge is 2.46. The van der Waals surface area contributed by atoms with Crippen LogP contribution in [0.1, 0.15) is 57.9 Å². The molecule has 1 aromatic rings. The lowest BCUT2D eigenvalue weighted by atomic mass is 9.80. The van der Waals surface area contributed by atoms with Gasteiger partial charge in [0.1, 0.15) is 0 Å². The van der Waals surface area contributed by atoms with Crippen LogP contribution >= 0.6 is 0 Å². The van der Waals surface area contributed by atoms with E-state index in [0.717, 1.165) is 25.7 Å². The summed E-state index contributed by atoms with van der Waals surface area (Å²) in [5, 5.41) is 19.8. The monoisotopic (exact) mass is 393 g/mol. The van der Waals surface area contributed by atoms with Gasteiger partial charge >= 0.3 is 11.9 Å². The van der Waals surface area contributed by atoms with E-state index in [1.807, 2.05) is 6.07 Å². The number of aliphatic carboxylic acids is 1. The fourth-order valence-electron chi connectivity index (χ4n) is 3.65. The molecule has 0 amide bonds. The van der Waals surface area contributed by atoms with Gasteiger partial charge in [0.05, 0.1) is 6.61 Å². The van der Waals surface area contributed by atoms with E-state index in [1.165, 1.54) is 32.9 Å². The van der Waals surface area contributed by atoms with Crippen LogP contribution in [0, 0.1) is 5.92 Å². The second kappa shape index (κ2) is 12.5. The average Bonchev–Trinajstić information content (AvgIpc) is 3.36. The molecule has 1 aliphatic heterocycles. The number of likely N-dealkylation sites (tertiary alicyclic amines) is 1. The van der Waals surface area contributed by atoms with E-state index in [0.29, 0.717) is 12.2 Å². The van der Waals surface area contributed by atoms with E-state index in [1.54, 1.807) is 31.2 Å². The molecule has 1 aliphatic carbocycles. The first kappa shape index (κ1) is 24.1. The summed E-state index contributed by atoms with van der Waals surface area (Å²) in [5.74, 6) is -1.50. The van der Waals surface area contributed by atoms with Gasteiger partial charge in [0.25, 0.3) is 0 Å². The van der Waals surface area contributed by atoms with E-state index in [9.17, 15) is 19.8 Å². The molecule has 2 fully saturated rings. The third kappa shape index (κ3) is 7.60. The van der Waals surface area contributed by atoms with Crippen molar-refractivity contribution in [2.24, 2.45) is 5.92 Å². The molecule has 6 heteroatoms. The molecule has 158 valence electrons. The van der Waals surface area contributed by atoms with Crippen LogP contribution in [0.15, 0.2) is 30.3 Å². The second-order valence-electron chi connectivity index (χ2n) is 7.35. The summed E-state index contributed by atoms with van der Waals surface area (Å²) in [7, 11) is 2.17. The maximum Gasteiger partial charge on any atom is 0.340 e. The van der Waals surface area contributed by atoms with E-state index in [2.05, 4.69) is 16.7 Å². The molecule has 0 aromatic heterocycles. The van der Waals surface area contributed by atoms with E-state index in [4.69, 9.17) is 0 Å². The second-order valence-corrected chi connectivity index (χ2v) is 7.35. The first-order valence-electron chi connectivity index (χ1n) is 10.2. The fraction of sp³-hybridized carbons (Fsp3) is 0.636. The van der Waals surface area contributed by atoms with Gasteiger partial charge in [-0.15, -0.1) is 0 Å². The molecule has 2 N–H and O–H groups in total. The lowest BCUT2D eigenvalue weighted by Gasteiger charge is -2.30. The summed E-state index contributed by atoms with van der Waals surface area (Å²) >= 11 is 0. The molecule has 1 saturated carbocycles. The highest BCUT2D eigenvalue weighted by molar-refractivity contribution is 5.79. The Kier molecular flexibility index (Phi) is 10.8. The maximum absolute atomic E-state index is 11.4. The van der Waals surface area contributed by atoms with E-state index < -0.39 is 11.6 Å². The Labute approximate surface area is 168 Å². The average molecular weight is 394 g/mol. The number of rotatable bonds is 4. The van der Waals surface area contributed by atoms with Gasteiger partial charge in [0.2, 0.25) is 0 Å². The van der Waals surface area contributed by atoms with Crippen molar-refractivity contribution in [3.8, 4) is 0 Å². The van der Waals surface area contributed by atoms with E-state index >= 15 is 0 Å². The topological polar surface area (TPSA) is 87.1 Å². The zero-order valence-electron chi connectivity index (χ0n) is 17.4. The molecule has 0 bridgehead atoms. The van der Waals surface area contributed by atoms with Gasteiger partial charge in [-0.1, -0.05) is 43.2 Å². The van der Waals surface area contributed by atoms with Crippen LogP contribution in [0.25, 0.3) is 0 Å². The first-order valence-corrected chi connectivity index (χ1v) is 10.2. The third-order valence-electron chi connectivity index (χ3n) is 5.16. The molecule has 1 heterocycles. The molecule has 2 aliphatic rings. The van der Waals surface area contributed by atoms with Gasteiger partial charge in [-0.2, -0.15) is 0 Å². The van der Waals surface area contributed by atoms with Crippen molar-refractivity contribution >= 4 is 11.9 Å². The lowest BCUT2D eigenvalue weighted by molar-refractivity contribution is -0.166. The minimum Gasteiger partial charge on any atom is -0.479 e. The summed E-state index contributed by atoms with van der Waals surface area (Å²) in [4.78, 5) is 23.5. The first-order chi connectivity index (χ1) is 13.3. The number of ether oxygens (including phenoxy) is 1. The van der Waals surface area contributed by atoms with Gasteiger partial charge in [-0.3, -0.25) is 4.79 Å². The molecule has 0 spiro atoms. The van der Waals surface area contributed by atoms with Crippen LogP contribution < -0.4 is 0 Å². The Bertz CT molecular complexity index is 580. The van der Waals surface area contributed by atoms with Crippen molar-refractivity contribution in [1.82, 2.24) is 4.90 Å². The van der Waals surface area contributed by atoms with Crippen molar-refractivity contribution in [2.75, 3.05) is 26.7 Å². The molecule has 3 rings (SSSR count). The highest BCUT2D eigenvalue weighted by Crippen LogP contribution is 2.40. The molecular formula is C22H35NO5. The van der Waals surface area contributed by atoms with Gasteiger partial charge < -0.3 is 19.8 Å². The van der Waals surface area contributed by atoms with Crippen LogP contribution in [-0.2, 0) is 19.9 Å². The lowest BCUT2D eigenvalue weighted by Crippen LogP contribution is -2.42. The number of nitrogens with zero attached hydrogens (tertiary/aromatic N) is 1. The molecule has 6 nitrogen and oxygen atoms in total. The summed E-state index contributed by atoms with van der Waals surface area (Å²) < 4.78 is 4.40. The van der Waals surface area contributed by atoms with Crippen molar-refractivity contribution in [1.29, 1.82) is 0 Å². The quantitative estimate of drug-likeness (QED) is 0.762.